The fourth-order valence-corrected chi connectivity index (χ4v) is 3.06. The van der Waals surface area contributed by atoms with Crippen LogP contribution in [0.4, 0.5) is 5.69 Å². The summed E-state index contributed by atoms with van der Waals surface area (Å²) in [5.74, 6) is 0.0517. The molecule has 0 aromatic heterocycles. The standard InChI is InChI=1S/C16H19N3O/c1-9-6-12-13(14(17)7-9)8-19(16(12)20)15-5-4-10(2)18-11(15)3/h6-7,15,18H,2-5,8,17H2,1H3. The number of allylic oxidation sites excluding steroid dienone is 1. The van der Waals surface area contributed by atoms with E-state index in [0.717, 1.165) is 40.9 Å². The summed E-state index contributed by atoms with van der Waals surface area (Å²) >= 11 is 0. The third kappa shape index (κ3) is 1.88. The van der Waals surface area contributed by atoms with Gasteiger partial charge in [0.1, 0.15) is 0 Å². The van der Waals surface area contributed by atoms with Crippen LogP contribution in [0, 0.1) is 6.92 Å². The number of hydrogen-bond donors (Lipinski definition) is 2. The Morgan fingerprint density at radius 2 is 2.15 bits per heavy atom. The molecule has 0 aliphatic carbocycles. The Labute approximate surface area is 119 Å². The maximum Gasteiger partial charge on any atom is 0.255 e. The molecule has 1 aromatic rings. The van der Waals surface area contributed by atoms with Gasteiger partial charge in [-0.3, -0.25) is 4.79 Å². The van der Waals surface area contributed by atoms with Crippen molar-refractivity contribution in [1.82, 2.24) is 10.2 Å². The van der Waals surface area contributed by atoms with Crippen LogP contribution >= 0.6 is 0 Å². The van der Waals surface area contributed by atoms with Crippen molar-refractivity contribution in [3.63, 3.8) is 0 Å². The number of hydrogen-bond acceptors (Lipinski definition) is 3. The lowest BCUT2D eigenvalue weighted by Crippen LogP contribution is -2.43. The number of rotatable bonds is 1. The lowest BCUT2D eigenvalue weighted by molar-refractivity contribution is 0.0712. The van der Waals surface area contributed by atoms with Gasteiger partial charge < -0.3 is 16.0 Å². The van der Waals surface area contributed by atoms with Gasteiger partial charge in [0.25, 0.3) is 5.91 Å². The highest BCUT2D eigenvalue weighted by Crippen LogP contribution is 2.34. The first-order valence-electron chi connectivity index (χ1n) is 6.81. The van der Waals surface area contributed by atoms with Crippen LogP contribution in [0.25, 0.3) is 0 Å². The van der Waals surface area contributed by atoms with E-state index >= 15 is 0 Å². The second kappa shape index (κ2) is 4.40. The topological polar surface area (TPSA) is 58.4 Å². The van der Waals surface area contributed by atoms with Crippen molar-refractivity contribution >= 4 is 11.6 Å². The van der Waals surface area contributed by atoms with E-state index in [-0.39, 0.29) is 11.9 Å². The Balaban J connectivity index is 1.92. The monoisotopic (exact) mass is 269 g/mol. The molecule has 104 valence electrons. The van der Waals surface area contributed by atoms with Gasteiger partial charge in [0.05, 0.1) is 6.04 Å². The van der Waals surface area contributed by atoms with E-state index in [9.17, 15) is 4.79 Å². The summed E-state index contributed by atoms with van der Waals surface area (Å²) in [6, 6.07) is 3.86. The molecule has 1 aromatic carbocycles. The van der Waals surface area contributed by atoms with Gasteiger partial charge in [-0.05, 0) is 37.5 Å². The molecule has 3 rings (SSSR count). The summed E-state index contributed by atoms with van der Waals surface area (Å²) in [4.78, 5) is 14.5. The van der Waals surface area contributed by atoms with Gasteiger partial charge in [0.15, 0.2) is 0 Å². The molecule has 1 atom stereocenters. The van der Waals surface area contributed by atoms with Crippen LogP contribution in [0.2, 0.25) is 0 Å². The van der Waals surface area contributed by atoms with Crippen LogP contribution in [-0.4, -0.2) is 16.8 Å². The minimum atomic E-state index is 0.0140. The van der Waals surface area contributed by atoms with Crippen molar-refractivity contribution in [3.05, 3.63) is 53.4 Å². The summed E-state index contributed by atoms with van der Waals surface area (Å²) in [6.45, 7) is 10.5. The van der Waals surface area contributed by atoms with Crippen molar-refractivity contribution in [3.8, 4) is 0 Å². The minimum Gasteiger partial charge on any atom is -0.398 e. The first kappa shape index (κ1) is 12.8. The lowest BCUT2D eigenvalue weighted by atomic mass is 10.0. The summed E-state index contributed by atoms with van der Waals surface area (Å²) in [7, 11) is 0. The molecule has 0 spiro atoms. The van der Waals surface area contributed by atoms with Crippen molar-refractivity contribution < 1.29 is 4.79 Å². The van der Waals surface area contributed by atoms with Crippen LogP contribution < -0.4 is 11.1 Å². The summed E-state index contributed by atoms with van der Waals surface area (Å²) in [5, 5.41) is 3.17. The maximum absolute atomic E-state index is 12.6. The molecule has 0 bridgehead atoms. The van der Waals surface area contributed by atoms with E-state index in [2.05, 4.69) is 18.5 Å². The third-order valence-electron chi connectivity index (χ3n) is 4.08. The molecule has 0 saturated carbocycles. The highest BCUT2D eigenvalue weighted by molar-refractivity contribution is 6.00. The number of fused-ring (bicyclic) bond motifs is 1. The molecule has 0 radical (unpaired) electrons. The largest absolute Gasteiger partial charge is 0.398 e. The van der Waals surface area contributed by atoms with Crippen molar-refractivity contribution in [2.45, 2.75) is 32.4 Å². The molecule has 1 amide bonds. The van der Waals surface area contributed by atoms with Crippen molar-refractivity contribution in [1.29, 1.82) is 0 Å². The second-order valence-corrected chi connectivity index (χ2v) is 5.62. The number of carbonyl (C=O) groups excluding carboxylic acids is 1. The number of benzene rings is 1. The average molecular weight is 269 g/mol. The van der Waals surface area contributed by atoms with Gasteiger partial charge in [-0.15, -0.1) is 0 Å². The first-order valence-corrected chi connectivity index (χ1v) is 6.81. The molecular weight excluding hydrogens is 250 g/mol. The van der Waals surface area contributed by atoms with Crippen LogP contribution in [0.1, 0.15) is 34.3 Å². The van der Waals surface area contributed by atoms with Crippen LogP contribution in [0.5, 0.6) is 0 Å². The van der Waals surface area contributed by atoms with E-state index in [1.807, 2.05) is 24.0 Å². The van der Waals surface area contributed by atoms with Gasteiger partial charge >= 0.3 is 0 Å². The molecule has 4 heteroatoms. The zero-order valence-corrected chi connectivity index (χ0v) is 11.7. The van der Waals surface area contributed by atoms with Crippen LogP contribution in [0.3, 0.4) is 0 Å². The smallest absolute Gasteiger partial charge is 0.255 e. The molecule has 20 heavy (non-hydrogen) atoms. The average Bonchev–Trinajstić information content (AvgIpc) is 2.68. The van der Waals surface area contributed by atoms with E-state index < -0.39 is 0 Å². The molecule has 1 unspecified atom stereocenters. The zero-order chi connectivity index (χ0) is 14.4. The van der Waals surface area contributed by atoms with Gasteiger partial charge in [0, 0.05) is 34.8 Å². The summed E-state index contributed by atoms with van der Waals surface area (Å²) in [6.07, 6.45) is 1.72. The van der Waals surface area contributed by atoms with E-state index in [1.54, 1.807) is 0 Å². The SMILES string of the molecule is C=C1CCC(N2Cc3c(N)cc(C)cc3C2=O)C(=C)N1. The second-order valence-electron chi connectivity index (χ2n) is 5.62. The number of nitrogens with two attached hydrogens (primary N) is 1. The normalized spacial score (nSPS) is 21.9. The van der Waals surface area contributed by atoms with E-state index in [0.29, 0.717) is 12.2 Å². The zero-order valence-electron chi connectivity index (χ0n) is 11.7. The summed E-state index contributed by atoms with van der Waals surface area (Å²) in [5.41, 5.74) is 11.3. The number of amides is 1. The molecule has 2 heterocycles. The highest BCUT2D eigenvalue weighted by atomic mass is 16.2. The quantitative estimate of drug-likeness (QED) is 0.769. The Morgan fingerprint density at radius 1 is 1.40 bits per heavy atom. The van der Waals surface area contributed by atoms with Gasteiger partial charge in [0.2, 0.25) is 0 Å². The van der Waals surface area contributed by atoms with Crippen LogP contribution in [-0.2, 0) is 6.54 Å². The molecule has 1 fully saturated rings. The molecule has 3 N–H and O–H groups in total. The molecule has 1 saturated heterocycles. The van der Waals surface area contributed by atoms with E-state index in [4.69, 9.17) is 5.73 Å². The first-order chi connectivity index (χ1) is 9.47. The number of nitrogens with one attached hydrogen (secondary N) is 1. The summed E-state index contributed by atoms with van der Waals surface area (Å²) < 4.78 is 0. The van der Waals surface area contributed by atoms with Gasteiger partial charge in [-0.25, -0.2) is 0 Å². The number of carbonyl (C=O) groups is 1. The minimum absolute atomic E-state index is 0.0140. The molecule has 4 nitrogen and oxygen atoms in total. The highest BCUT2D eigenvalue weighted by Gasteiger charge is 2.36. The molecule has 2 aliphatic heterocycles. The lowest BCUT2D eigenvalue weighted by Gasteiger charge is -2.34. The predicted octanol–water partition coefficient (Wildman–Crippen LogP) is 2.31. The fourth-order valence-electron chi connectivity index (χ4n) is 3.06. The van der Waals surface area contributed by atoms with E-state index in [1.165, 1.54) is 0 Å². The Morgan fingerprint density at radius 3 is 2.85 bits per heavy atom. The Bertz CT molecular complexity index is 633. The van der Waals surface area contributed by atoms with Crippen molar-refractivity contribution in [2.24, 2.45) is 0 Å². The Hall–Kier alpha value is -2.23. The number of aryl methyl sites for hydroxylation is 1. The Kier molecular flexibility index (Phi) is 2.82. The third-order valence-corrected chi connectivity index (χ3v) is 4.08. The maximum atomic E-state index is 12.6. The van der Waals surface area contributed by atoms with Gasteiger partial charge in [-0.2, -0.15) is 0 Å². The predicted molar refractivity (Wildman–Crippen MR) is 79.9 cm³/mol. The number of piperidine rings is 1. The number of nitrogens with zero attached hydrogens (tertiary/aromatic N) is 1. The molecule has 2 aliphatic rings. The molecular formula is C16H19N3O. The van der Waals surface area contributed by atoms with Gasteiger partial charge in [-0.1, -0.05) is 13.2 Å². The fraction of sp³-hybridized carbons (Fsp3) is 0.312. The van der Waals surface area contributed by atoms with Crippen LogP contribution in [0.15, 0.2) is 36.7 Å². The number of anilines is 1. The number of nitrogen functional groups attached to an aromatic ring is 1. The van der Waals surface area contributed by atoms with Crippen molar-refractivity contribution in [2.75, 3.05) is 5.73 Å².